The molecule has 1 heterocycles. The Labute approximate surface area is 124 Å². The molecule has 1 aromatic carbocycles. The summed E-state index contributed by atoms with van der Waals surface area (Å²) in [5.41, 5.74) is 9.79. The molecule has 2 nitrogen and oxygen atoms in total. The van der Waals surface area contributed by atoms with Crippen molar-refractivity contribution >= 4 is 31.9 Å². The smallest absolute Gasteiger partial charge is 0.0410 e. The van der Waals surface area contributed by atoms with Gasteiger partial charge < -0.3 is 5.73 Å². The number of nitrogens with zero attached hydrogens (tertiary/aromatic N) is 1. The molecule has 0 bridgehead atoms. The van der Waals surface area contributed by atoms with Gasteiger partial charge in [0.25, 0.3) is 0 Å². The lowest BCUT2D eigenvalue weighted by Crippen LogP contribution is -2.14. The van der Waals surface area contributed by atoms with Crippen LogP contribution in [0.25, 0.3) is 0 Å². The lowest BCUT2D eigenvalue weighted by atomic mass is 9.97. The summed E-state index contributed by atoms with van der Waals surface area (Å²) in [6, 6.07) is 8.25. The second-order valence-corrected chi connectivity index (χ2v) is 6.15. The van der Waals surface area contributed by atoms with Crippen LogP contribution in [0.4, 0.5) is 0 Å². The second kappa shape index (κ2) is 5.95. The highest BCUT2D eigenvalue weighted by atomic mass is 79.9. The standard InChI is InChI=1S/C14H14Br2N2/c1-9-4-11(15)2-3-13(9)14(17)6-10-5-12(16)8-18-7-10/h2-5,7-8,14H,6,17H2,1H3. The van der Waals surface area contributed by atoms with Gasteiger partial charge in [-0.25, -0.2) is 0 Å². The minimum Gasteiger partial charge on any atom is -0.324 e. The highest BCUT2D eigenvalue weighted by Crippen LogP contribution is 2.23. The molecule has 0 aliphatic carbocycles. The average Bonchev–Trinajstić information content (AvgIpc) is 2.28. The third-order valence-corrected chi connectivity index (χ3v) is 3.78. The molecular formula is C14H14Br2N2. The molecule has 4 heteroatoms. The van der Waals surface area contributed by atoms with E-state index < -0.39 is 0 Å². The van der Waals surface area contributed by atoms with Crippen molar-refractivity contribution in [3.05, 3.63) is 62.3 Å². The van der Waals surface area contributed by atoms with Crippen LogP contribution in [0.3, 0.4) is 0 Å². The molecule has 1 aromatic heterocycles. The Hall–Kier alpha value is -0.710. The summed E-state index contributed by atoms with van der Waals surface area (Å²) in [7, 11) is 0. The van der Waals surface area contributed by atoms with Crippen molar-refractivity contribution in [1.29, 1.82) is 0 Å². The molecule has 0 aliphatic rings. The monoisotopic (exact) mass is 368 g/mol. The summed E-state index contributed by atoms with van der Waals surface area (Å²) < 4.78 is 2.07. The van der Waals surface area contributed by atoms with E-state index in [1.165, 1.54) is 11.1 Å². The summed E-state index contributed by atoms with van der Waals surface area (Å²) in [5, 5.41) is 0. The van der Waals surface area contributed by atoms with Crippen LogP contribution in [0.1, 0.15) is 22.7 Å². The van der Waals surface area contributed by atoms with Crippen LogP contribution in [-0.2, 0) is 6.42 Å². The maximum atomic E-state index is 6.27. The number of aromatic nitrogens is 1. The van der Waals surface area contributed by atoms with Crippen LogP contribution in [0.5, 0.6) is 0 Å². The fraction of sp³-hybridized carbons (Fsp3) is 0.214. The minimum absolute atomic E-state index is 0.00537. The predicted molar refractivity (Wildman–Crippen MR) is 81.4 cm³/mol. The number of hydrogen-bond donors (Lipinski definition) is 1. The van der Waals surface area contributed by atoms with Crippen LogP contribution in [0.15, 0.2) is 45.6 Å². The van der Waals surface area contributed by atoms with Gasteiger partial charge in [-0.1, -0.05) is 22.0 Å². The molecule has 2 aromatic rings. The Balaban J connectivity index is 2.19. The first kappa shape index (κ1) is 13.7. The molecule has 0 fully saturated rings. The van der Waals surface area contributed by atoms with Gasteiger partial charge in [0.15, 0.2) is 0 Å². The van der Waals surface area contributed by atoms with Gasteiger partial charge in [0.1, 0.15) is 0 Å². The lowest BCUT2D eigenvalue weighted by Gasteiger charge is -2.15. The second-order valence-electron chi connectivity index (χ2n) is 4.32. The fourth-order valence-electron chi connectivity index (χ4n) is 1.99. The zero-order valence-electron chi connectivity index (χ0n) is 10.0. The normalized spacial score (nSPS) is 12.4. The molecule has 0 saturated heterocycles. The minimum atomic E-state index is -0.00537. The van der Waals surface area contributed by atoms with Crippen molar-refractivity contribution in [1.82, 2.24) is 4.98 Å². The molecule has 0 aliphatic heterocycles. The van der Waals surface area contributed by atoms with E-state index >= 15 is 0 Å². The lowest BCUT2D eigenvalue weighted by molar-refractivity contribution is 0.714. The third kappa shape index (κ3) is 3.40. The first-order valence-electron chi connectivity index (χ1n) is 5.67. The maximum Gasteiger partial charge on any atom is 0.0410 e. The van der Waals surface area contributed by atoms with Gasteiger partial charge in [0, 0.05) is 27.4 Å². The zero-order valence-corrected chi connectivity index (χ0v) is 13.2. The molecule has 0 amide bonds. The van der Waals surface area contributed by atoms with Crippen molar-refractivity contribution in [2.24, 2.45) is 5.73 Å². The predicted octanol–water partition coefficient (Wildman–Crippen LogP) is 4.16. The maximum absolute atomic E-state index is 6.27. The highest BCUT2D eigenvalue weighted by Gasteiger charge is 2.10. The Morgan fingerprint density at radius 1 is 1.17 bits per heavy atom. The van der Waals surface area contributed by atoms with E-state index in [0.29, 0.717) is 0 Å². The van der Waals surface area contributed by atoms with Crippen molar-refractivity contribution < 1.29 is 0 Å². The third-order valence-electron chi connectivity index (χ3n) is 2.85. The SMILES string of the molecule is Cc1cc(Br)ccc1C(N)Cc1cncc(Br)c1. The van der Waals surface area contributed by atoms with Gasteiger partial charge in [-0.2, -0.15) is 0 Å². The largest absolute Gasteiger partial charge is 0.324 e. The Morgan fingerprint density at radius 3 is 2.61 bits per heavy atom. The molecule has 0 spiro atoms. The van der Waals surface area contributed by atoms with E-state index in [-0.39, 0.29) is 6.04 Å². The van der Waals surface area contributed by atoms with Gasteiger partial charge in [-0.15, -0.1) is 0 Å². The number of pyridine rings is 1. The molecule has 18 heavy (non-hydrogen) atoms. The van der Waals surface area contributed by atoms with Crippen molar-refractivity contribution in [3.63, 3.8) is 0 Å². The molecule has 2 N–H and O–H groups in total. The summed E-state index contributed by atoms with van der Waals surface area (Å²) in [4.78, 5) is 4.16. The molecular weight excluding hydrogens is 356 g/mol. The Morgan fingerprint density at radius 2 is 1.94 bits per heavy atom. The summed E-state index contributed by atoms with van der Waals surface area (Å²) in [5.74, 6) is 0. The van der Waals surface area contributed by atoms with Crippen molar-refractivity contribution in [2.75, 3.05) is 0 Å². The van der Waals surface area contributed by atoms with E-state index in [4.69, 9.17) is 5.73 Å². The van der Waals surface area contributed by atoms with Crippen LogP contribution in [0, 0.1) is 6.92 Å². The number of nitrogens with two attached hydrogens (primary N) is 1. The Kier molecular flexibility index (Phi) is 4.54. The summed E-state index contributed by atoms with van der Waals surface area (Å²) in [6.45, 7) is 2.08. The molecule has 2 rings (SSSR count). The Bertz CT molecular complexity index is 555. The zero-order chi connectivity index (χ0) is 13.1. The molecule has 1 unspecified atom stereocenters. The topological polar surface area (TPSA) is 38.9 Å². The number of rotatable bonds is 3. The van der Waals surface area contributed by atoms with E-state index in [9.17, 15) is 0 Å². The molecule has 0 saturated carbocycles. The first-order chi connectivity index (χ1) is 8.56. The van der Waals surface area contributed by atoms with Crippen LogP contribution < -0.4 is 5.73 Å². The number of halogens is 2. The van der Waals surface area contributed by atoms with Gasteiger partial charge in [0.2, 0.25) is 0 Å². The van der Waals surface area contributed by atoms with E-state index in [1.54, 1.807) is 6.20 Å². The summed E-state index contributed by atoms with van der Waals surface area (Å²) in [6.07, 6.45) is 4.42. The van der Waals surface area contributed by atoms with Crippen LogP contribution in [-0.4, -0.2) is 4.98 Å². The van der Waals surface area contributed by atoms with E-state index in [1.807, 2.05) is 12.3 Å². The van der Waals surface area contributed by atoms with E-state index in [2.05, 4.69) is 62.0 Å². The summed E-state index contributed by atoms with van der Waals surface area (Å²) >= 11 is 6.89. The molecule has 0 radical (unpaired) electrons. The van der Waals surface area contributed by atoms with Gasteiger partial charge in [-0.3, -0.25) is 4.98 Å². The molecule has 94 valence electrons. The number of benzene rings is 1. The quantitative estimate of drug-likeness (QED) is 0.882. The fourth-order valence-corrected chi connectivity index (χ4v) is 2.87. The average molecular weight is 370 g/mol. The van der Waals surface area contributed by atoms with Crippen LogP contribution in [0.2, 0.25) is 0 Å². The number of aryl methyl sites for hydroxylation is 1. The van der Waals surface area contributed by atoms with Crippen LogP contribution >= 0.6 is 31.9 Å². The van der Waals surface area contributed by atoms with E-state index in [0.717, 1.165) is 20.9 Å². The van der Waals surface area contributed by atoms with Gasteiger partial charge in [0.05, 0.1) is 0 Å². The van der Waals surface area contributed by atoms with Crippen molar-refractivity contribution in [3.8, 4) is 0 Å². The van der Waals surface area contributed by atoms with Gasteiger partial charge >= 0.3 is 0 Å². The number of hydrogen-bond acceptors (Lipinski definition) is 2. The highest BCUT2D eigenvalue weighted by molar-refractivity contribution is 9.10. The van der Waals surface area contributed by atoms with Gasteiger partial charge in [-0.05, 0) is 64.2 Å². The first-order valence-corrected chi connectivity index (χ1v) is 7.26. The van der Waals surface area contributed by atoms with Crippen molar-refractivity contribution in [2.45, 2.75) is 19.4 Å². The molecule has 1 atom stereocenters.